The zero-order valence-electron chi connectivity index (χ0n) is 9.84. The molecular weight excluding hydrogens is 336 g/mol. The molecule has 0 saturated heterocycles. The van der Waals surface area contributed by atoms with E-state index in [1.165, 1.54) is 6.07 Å². The Kier molecular flexibility index (Phi) is 4.55. The molecule has 0 aliphatic rings. The van der Waals surface area contributed by atoms with Gasteiger partial charge in [-0.3, -0.25) is 0 Å². The molecule has 1 unspecified atom stereocenters. The minimum Gasteiger partial charge on any atom is -0.324 e. The van der Waals surface area contributed by atoms with E-state index in [9.17, 15) is 8.78 Å². The summed E-state index contributed by atoms with van der Waals surface area (Å²) in [6.07, 6.45) is 0.220. The van der Waals surface area contributed by atoms with Crippen molar-refractivity contribution in [2.45, 2.75) is 12.5 Å². The van der Waals surface area contributed by atoms with Crippen molar-refractivity contribution in [1.82, 2.24) is 0 Å². The molecule has 0 aliphatic heterocycles. The summed E-state index contributed by atoms with van der Waals surface area (Å²) in [5.41, 5.74) is 7.08. The number of rotatable bonds is 3. The highest BCUT2D eigenvalue weighted by Crippen LogP contribution is 2.27. The van der Waals surface area contributed by atoms with E-state index in [-0.39, 0.29) is 12.0 Å². The molecule has 2 aromatic rings. The van der Waals surface area contributed by atoms with Crippen LogP contribution in [0.2, 0.25) is 5.02 Å². The molecule has 0 spiro atoms. The zero-order valence-corrected chi connectivity index (χ0v) is 12.2. The highest BCUT2D eigenvalue weighted by molar-refractivity contribution is 9.10. The first-order valence-corrected chi connectivity index (χ1v) is 6.79. The average Bonchev–Trinajstić information content (AvgIpc) is 2.37. The molecule has 0 aliphatic carbocycles. The van der Waals surface area contributed by atoms with Crippen LogP contribution in [0.4, 0.5) is 8.78 Å². The van der Waals surface area contributed by atoms with Crippen molar-refractivity contribution in [3.05, 3.63) is 68.7 Å². The molecule has 0 aromatic heterocycles. The van der Waals surface area contributed by atoms with Gasteiger partial charge in [-0.1, -0.05) is 17.7 Å². The van der Waals surface area contributed by atoms with E-state index >= 15 is 0 Å². The minimum absolute atomic E-state index is 0.220. The van der Waals surface area contributed by atoms with Gasteiger partial charge in [0.2, 0.25) is 0 Å². The lowest BCUT2D eigenvalue weighted by molar-refractivity contribution is 0.572. The van der Waals surface area contributed by atoms with Crippen molar-refractivity contribution in [2.24, 2.45) is 5.73 Å². The van der Waals surface area contributed by atoms with Crippen molar-refractivity contribution in [2.75, 3.05) is 0 Å². The maximum absolute atomic E-state index is 13.5. The van der Waals surface area contributed by atoms with E-state index < -0.39 is 17.7 Å². The van der Waals surface area contributed by atoms with Crippen LogP contribution in [0.1, 0.15) is 17.2 Å². The summed E-state index contributed by atoms with van der Waals surface area (Å²) in [5, 5.41) is 0.577. The van der Waals surface area contributed by atoms with Gasteiger partial charge in [0, 0.05) is 10.5 Å². The first-order valence-electron chi connectivity index (χ1n) is 5.62. The molecule has 0 heterocycles. The Labute approximate surface area is 123 Å². The Hall–Kier alpha value is -0.970. The Morgan fingerprint density at radius 2 is 1.89 bits per heavy atom. The summed E-state index contributed by atoms with van der Waals surface area (Å²) in [5.74, 6) is -0.925. The topological polar surface area (TPSA) is 26.0 Å². The van der Waals surface area contributed by atoms with Crippen LogP contribution in [0.5, 0.6) is 0 Å². The van der Waals surface area contributed by atoms with E-state index in [2.05, 4.69) is 15.9 Å². The molecule has 100 valence electrons. The van der Waals surface area contributed by atoms with E-state index in [4.69, 9.17) is 17.3 Å². The monoisotopic (exact) mass is 345 g/mol. The van der Waals surface area contributed by atoms with Gasteiger partial charge in [-0.25, -0.2) is 8.78 Å². The average molecular weight is 347 g/mol. The van der Waals surface area contributed by atoms with Crippen molar-refractivity contribution in [1.29, 1.82) is 0 Å². The van der Waals surface area contributed by atoms with E-state index in [0.717, 1.165) is 22.2 Å². The van der Waals surface area contributed by atoms with Gasteiger partial charge in [-0.05, 0) is 63.8 Å². The predicted octanol–water partition coefficient (Wildman–Crippen LogP) is 4.62. The molecule has 0 fully saturated rings. The lowest BCUT2D eigenvalue weighted by Crippen LogP contribution is -2.14. The van der Waals surface area contributed by atoms with Crippen molar-refractivity contribution < 1.29 is 8.78 Å². The Balaban J connectivity index is 2.22. The molecule has 19 heavy (non-hydrogen) atoms. The zero-order chi connectivity index (χ0) is 14.0. The number of nitrogens with two attached hydrogens (primary N) is 1. The fraction of sp³-hybridized carbons (Fsp3) is 0.143. The summed E-state index contributed by atoms with van der Waals surface area (Å²) in [6, 6.07) is 8.20. The molecule has 2 N–H and O–H groups in total. The van der Waals surface area contributed by atoms with Crippen LogP contribution < -0.4 is 5.73 Å². The standard InChI is InChI=1S/C14H11BrClF2N/c15-11-6-8(1-3-12(11)16)14(19)7-9-5-10(17)2-4-13(9)18/h1-6,14H,7,19H2. The maximum atomic E-state index is 13.5. The van der Waals surface area contributed by atoms with Crippen LogP contribution in [-0.2, 0) is 6.42 Å². The Morgan fingerprint density at radius 1 is 1.16 bits per heavy atom. The molecule has 0 saturated carbocycles. The van der Waals surface area contributed by atoms with Crippen LogP contribution in [0.15, 0.2) is 40.9 Å². The van der Waals surface area contributed by atoms with Crippen LogP contribution in [-0.4, -0.2) is 0 Å². The number of hydrogen-bond acceptors (Lipinski definition) is 1. The van der Waals surface area contributed by atoms with E-state index in [0.29, 0.717) is 5.02 Å². The van der Waals surface area contributed by atoms with Gasteiger partial charge in [0.1, 0.15) is 11.6 Å². The SMILES string of the molecule is NC(Cc1cc(F)ccc1F)c1ccc(Cl)c(Br)c1. The fourth-order valence-corrected chi connectivity index (χ4v) is 2.31. The molecule has 1 nitrogen and oxygen atoms in total. The summed E-state index contributed by atoms with van der Waals surface area (Å²) < 4.78 is 27.3. The van der Waals surface area contributed by atoms with Gasteiger partial charge < -0.3 is 5.73 Å². The van der Waals surface area contributed by atoms with Crippen molar-refractivity contribution >= 4 is 27.5 Å². The third-order valence-corrected chi connectivity index (χ3v) is 4.03. The summed E-state index contributed by atoms with van der Waals surface area (Å²) in [7, 11) is 0. The highest BCUT2D eigenvalue weighted by atomic mass is 79.9. The summed E-state index contributed by atoms with van der Waals surface area (Å²) in [6.45, 7) is 0. The smallest absolute Gasteiger partial charge is 0.126 e. The van der Waals surface area contributed by atoms with Crippen LogP contribution >= 0.6 is 27.5 Å². The normalized spacial score (nSPS) is 12.5. The third kappa shape index (κ3) is 3.53. The number of hydrogen-bond donors (Lipinski definition) is 1. The van der Waals surface area contributed by atoms with Crippen molar-refractivity contribution in [3.63, 3.8) is 0 Å². The Morgan fingerprint density at radius 3 is 2.58 bits per heavy atom. The second-order valence-corrected chi connectivity index (χ2v) is 5.48. The maximum Gasteiger partial charge on any atom is 0.126 e. The highest BCUT2D eigenvalue weighted by Gasteiger charge is 2.12. The van der Waals surface area contributed by atoms with Crippen LogP contribution in [0, 0.1) is 11.6 Å². The summed E-state index contributed by atoms with van der Waals surface area (Å²) in [4.78, 5) is 0. The minimum atomic E-state index is -0.471. The predicted molar refractivity (Wildman–Crippen MR) is 76.1 cm³/mol. The molecule has 2 rings (SSSR count). The first kappa shape index (κ1) is 14.4. The van der Waals surface area contributed by atoms with E-state index in [1.807, 2.05) is 0 Å². The van der Waals surface area contributed by atoms with Gasteiger partial charge in [0.15, 0.2) is 0 Å². The number of halogens is 4. The summed E-state index contributed by atoms with van der Waals surface area (Å²) >= 11 is 9.20. The molecule has 2 aromatic carbocycles. The second kappa shape index (κ2) is 5.99. The molecule has 0 radical (unpaired) electrons. The molecular formula is C14H11BrClF2N. The fourth-order valence-electron chi connectivity index (χ4n) is 1.80. The number of benzene rings is 2. The molecule has 1 atom stereocenters. The van der Waals surface area contributed by atoms with Gasteiger partial charge in [0.05, 0.1) is 5.02 Å². The third-order valence-electron chi connectivity index (χ3n) is 2.82. The quantitative estimate of drug-likeness (QED) is 0.862. The van der Waals surface area contributed by atoms with Crippen molar-refractivity contribution in [3.8, 4) is 0 Å². The van der Waals surface area contributed by atoms with Crippen LogP contribution in [0.25, 0.3) is 0 Å². The second-order valence-electron chi connectivity index (χ2n) is 4.22. The van der Waals surface area contributed by atoms with Gasteiger partial charge in [-0.2, -0.15) is 0 Å². The van der Waals surface area contributed by atoms with Gasteiger partial charge in [0.25, 0.3) is 0 Å². The van der Waals surface area contributed by atoms with Crippen LogP contribution in [0.3, 0.4) is 0 Å². The Bertz CT molecular complexity index is 604. The largest absolute Gasteiger partial charge is 0.324 e. The first-order chi connectivity index (χ1) is 8.97. The lowest BCUT2D eigenvalue weighted by Gasteiger charge is -2.13. The molecule has 5 heteroatoms. The van der Waals surface area contributed by atoms with Gasteiger partial charge >= 0.3 is 0 Å². The lowest BCUT2D eigenvalue weighted by atomic mass is 9.99. The molecule has 0 amide bonds. The molecule has 0 bridgehead atoms. The van der Waals surface area contributed by atoms with E-state index in [1.54, 1.807) is 18.2 Å². The van der Waals surface area contributed by atoms with Gasteiger partial charge in [-0.15, -0.1) is 0 Å².